The van der Waals surface area contributed by atoms with Crippen LogP contribution in [0, 0.1) is 22.3 Å². The number of benzene rings is 1. The summed E-state index contributed by atoms with van der Waals surface area (Å²) in [7, 11) is 0. The first-order valence-electron chi connectivity index (χ1n) is 9.65. The van der Waals surface area contributed by atoms with E-state index < -0.39 is 0 Å². The zero-order valence-corrected chi connectivity index (χ0v) is 14.8. The molecule has 4 aliphatic rings. The van der Waals surface area contributed by atoms with E-state index in [1.165, 1.54) is 49.0 Å². The third-order valence-electron chi connectivity index (χ3n) is 5.79. The highest BCUT2D eigenvalue weighted by Gasteiger charge is 2.34. The smallest absolute Gasteiger partial charge is 0.0840 e. The van der Waals surface area contributed by atoms with Crippen LogP contribution in [-0.2, 0) is 9.47 Å². The van der Waals surface area contributed by atoms with E-state index >= 15 is 0 Å². The van der Waals surface area contributed by atoms with Gasteiger partial charge in [0.05, 0.1) is 25.4 Å². The van der Waals surface area contributed by atoms with Crippen molar-refractivity contribution in [1.82, 2.24) is 0 Å². The lowest BCUT2D eigenvalue weighted by molar-refractivity contribution is -0.162. The van der Waals surface area contributed by atoms with Crippen molar-refractivity contribution < 1.29 is 9.47 Å². The molecular weight excluding hydrogens is 284 g/mol. The topological polar surface area (TPSA) is 18.5 Å². The summed E-state index contributed by atoms with van der Waals surface area (Å²) in [6.45, 7) is 6.20. The maximum absolute atomic E-state index is 6.09. The fourth-order valence-corrected chi connectivity index (χ4v) is 4.19. The van der Waals surface area contributed by atoms with Gasteiger partial charge in [-0.15, -0.1) is 0 Å². The first kappa shape index (κ1) is 17.0. The molecule has 0 amide bonds. The highest BCUT2D eigenvalue weighted by molar-refractivity contribution is 5.22. The van der Waals surface area contributed by atoms with E-state index in [9.17, 15) is 0 Å². The van der Waals surface area contributed by atoms with Crippen LogP contribution in [-0.4, -0.2) is 25.4 Å². The van der Waals surface area contributed by atoms with Crippen LogP contribution in [0.1, 0.15) is 58.8 Å². The van der Waals surface area contributed by atoms with Crippen LogP contribution in [0.5, 0.6) is 0 Å². The molecule has 4 rings (SSSR count). The molecular formula is C21H32O2. The molecule has 0 N–H and O–H groups in total. The number of hydrogen-bond acceptors (Lipinski definition) is 2. The predicted molar refractivity (Wildman–Crippen MR) is 94.2 cm³/mol. The summed E-state index contributed by atoms with van der Waals surface area (Å²) in [5, 5.41) is 2.85. The quantitative estimate of drug-likeness (QED) is 0.783. The highest BCUT2D eigenvalue weighted by Crippen LogP contribution is 2.36. The van der Waals surface area contributed by atoms with Crippen LogP contribution < -0.4 is 0 Å². The van der Waals surface area contributed by atoms with Crippen LogP contribution in [0.15, 0.2) is 24.3 Å². The summed E-state index contributed by atoms with van der Waals surface area (Å²) >= 11 is 0. The molecule has 1 heterocycles. The first-order chi connectivity index (χ1) is 11.3. The zero-order chi connectivity index (χ0) is 16.1. The van der Waals surface area contributed by atoms with E-state index in [4.69, 9.17) is 9.47 Å². The molecule has 0 aromatic carbocycles. The molecule has 3 aliphatic carbocycles. The van der Waals surface area contributed by atoms with Gasteiger partial charge in [-0.1, -0.05) is 70.2 Å². The molecule has 4 atom stereocenters. The van der Waals surface area contributed by atoms with Crippen molar-refractivity contribution in [3.63, 3.8) is 0 Å². The van der Waals surface area contributed by atoms with Gasteiger partial charge in [-0.05, 0) is 35.1 Å². The van der Waals surface area contributed by atoms with Crippen molar-refractivity contribution in [2.45, 2.75) is 71.0 Å². The molecule has 2 fully saturated rings. The van der Waals surface area contributed by atoms with Gasteiger partial charge in [-0.25, -0.2) is 0 Å². The molecule has 128 valence electrons. The molecule has 2 nitrogen and oxygen atoms in total. The van der Waals surface area contributed by atoms with E-state index in [2.05, 4.69) is 38.1 Å². The Bertz CT molecular complexity index is 509. The second-order valence-electron chi connectivity index (χ2n) is 7.31. The van der Waals surface area contributed by atoms with Gasteiger partial charge in [0.25, 0.3) is 0 Å². The van der Waals surface area contributed by atoms with Crippen LogP contribution >= 0.6 is 0 Å². The summed E-state index contributed by atoms with van der Waals surface area (Å²) in [5.74, 6) is 1.64. The zero-order valence-electron chi connectivity index (χ0n) is 14.8. The molecule has 0 bridgehead atoms. The normalized spacial score (nSPS) is 31.9. The molecule has 0 aromatic rings. The first-order valence-corrected chi connectivity index (χ1v) is 9.65. The SMILES string of the molecule is CCCC1COC(C2CCCCC2CC)CO1.c1cc2ccc1=2. The Labute approximate surface area is 140 Å². The summed E-state index contributed by atoms with van der Waals surface area (Å²) in [6, 6.07) is 8.48. The highest BCUT2D eigenvalue weighted by atomic mass is 16.6. The Morgan fingerprint density at radius 1 is 0.913 bits per heavy atom. The Hall–Kier alpha value is -0.860. The standard InChI is InChI=1S/C15H28O2.C6H4/c1-3-7-13-10-17-15(11-16-13)14-9-6-5-8-12(14)4-2;1-2-6-4-3-5(1)6/h12-15H,3-11H2,1-2H3;1-4H. The Morgan fingerprint density at radius 2 is 1.61 bits per heavy atom. The van der Waals surface area contributed by atoms with E-state index in [0.29, 0.717) is 12.2 Å². The summed E-state index contributed by atoms with van der Waals surface area (Å²) < 4.78 is 12.0. The van der Waals surface area contributed by atoms with Gasteiger partial charge in [0, 0.05) is 0 Å². The van der Waals surface area contributed by atoms with E-state index in [-0.39, 0.29) is 0 Å². The third-order valence-corrected chi connectivity index (χ3v) is 5.79. The maximum atomic E-state index is 6.09. The minimum atomic E-state index is 0.361. The largest absolute Gasteiger partial charge is 0.373 e. The fraction of sp³-hybridized carbons (Fsp3) is 0.714. The maximum Gasteiger partial charge on any atom is 0.0840 e. The van der Waals surface area contributed by atoms with Crippen LogP contribution in [0.2, 0.25) is 0 Å². The van der Waals surface area contributed by atoms with Crippen LogP contribution in [0.4, 0.5) is 0 Å². The van der Waals surface area contributed by atoms with Gasteiger partial charge < -0.3 is 9.47 Å². The van der Waals surface area contributed by atoms with Crippen LogP contribution in [0.25, 0.3) is 0 Å². The lowest BCUT2D eigenvalue weighted by atomic mass is 9.75. The lowest BCUT2D eigenvalue weighted by Crippen LogP contribution is -2.43. The number of rotatable bonds is 4. The van der Waals surface area contributed by atoms with Gasteiger partial charge in [-0.2, -0.15) is 0 Å². The monoisotopic (exact) mass is 316 g/mol. The van der Waals surface area contributed by atoms with Gasteiger partial charge >= 0.3 is 0 Å². The van der Waals surface area contributed by atoms with E-state index in [1.54, 1.807) is 0 Å². The molecule has 0 aromatic heterocycles. The number of hydrogen-bond donors (Lipinski definition) is 0. The van der Waals surface area contributed by atoms with Crippen molar-refractivity contribution in [1.29, 1.82) is 0 Å². The molecule has 0 radical (unpaired) electrons. The predicted octanol–water partition coefficient (Wildman–Crippen LogP) is 5.07. The Kier molecular flexibility index (Phi) is 6.13. The Balaban J connectivity index is 0.000000213. The van der Waals surface area contributed by atoms with E-state index in [1.807, 2.05) is 0 Å². The third kappa shape index (κ3) is 4.16. The second kappa shape index (κ2) is 8.30. The Morgan fingerprint density at radius 3 is 2.09 bits per heavy atom. The summed E-state index contributed by atoms with van der Waals surface area (Å²) in [5.41, 5.74) is 0. The average Bonchev–Trinajstić information content (AvgIpc) is 2.59. The molecule has 1 aliphatic heterocycles. The minimum absolute atomic E-state index is 0.361. The van der Waals surface area contributed by atoms with Crippen molar-refractivity contribution in [2.24, 2.45) is 11.8 Å². The number of ether oxygens (including phenoxy) is 2. The minimum Gasteiger partial charge on any atom is -0.373 e. The summed E-state index contributed by atoms with van der Waals surface area (Å²) in [4.78, 5) is 0. The van der Waals surface area contributed by atoms with Crippen molar-refractivity contribution >= 4 is 0 Å². The van der Waals surface area contributed by atoms with Crippen molar-refractivity contribution in [3.05, 3.63) is 34.7 Å². The molecule has 0 spiro atoms. The molecule has 1 saturated carbocycles. The van der Waals surface area contributed by atoms with Gasteiger partial charge in [0.15, 0.2) is 0 Å². The van der Waals surface area contributed by atoms with Crippen LogP contribution in [0.3, 0.4) is 0 Å². The molecule has 23 heavy (non-hydrogen) atoms. The molecule has 1 saturated heterocycles. The molecule has 4 unspecified atom stereocenters. The van der Waals surface area contributed by atoms with Gasteiger partial charge in [0.1, 0.15) is 0 Å². The second-order valence-corrected chi connectivity index (χ2v) is 7.31. The summed E-state index contributed by atoms with van der Waals surface area (Å²) in [6.07, 6.45) is 9.95. The van der Waals surface area contributed by atoms with Gasteiger partial charge in [0.2, 0.25) is 0 Å². The van der Waals surface area contributed by atoms with Crippen molar-refractivity contribution in [2.75, 3.05) is 13.2 Å². The average molecular weight is 316 g/mol. The molecule has 2 heteroatoms. The lowest BCUT2D eigenvalue weighted by Gasteiger charge is -2.40. The van der Waals surface area contributed by atoms with Crippen molar-refractivity contribution in [3.8, 4) is 0 Å². The van der Waals surface area contributed by atoms with Gasteiger partial charge in [-0.3, -0.25) is 0 Å². The van der Waals surface area contributed by atoms with E-state index in [0.717, 1.165) is 31.5 Å². The fourth-order valence-electron chi connectivity index (χ4n) is 4.19.